The molecule has 0 saturated carbocycles. The van der Waals surface area contributed by atoms with Gasteiger partial charge in [-0.15, -0.1) is 0 Å². The molecule has 0 bridgehead atoms. The second-order valence-electron chi connectivity index (χ2n) is 12.5. The molecule has 3 N–H and O–H groups in total. The summed E-state index contributed by atoms with van der Waals surface area (Å²) in [5, 5.41) is 6.75. The van der Waals surface area contributed by atoms with E-state index in [1.165, 1.54) is 0 Å². The van der Waals surface area contributed by atoms with E-state index in [9.17, 15) is 4.79 Å². The Balaban J connectivity index is 1.14. The minimum absolute atomic E-state index is 0.0474. The number of imidazole rings is 1. The molecule has 0 spiro atoms. The van der Waals surface area contributed by atoms with Crippen molar-refractivity contribution in [2.24, 2.45) is 0 Å². The first-order valence-corrected chi connectivity index (χ1v) is 14.9. The van der Waals surface area contributed by atoms with E-state index in [4.69, 9.17) is 4.98 Å². The van der Waals surface area contributed by atoms with Crippen LogP contribution in [0.2, 0.25) is 0 Å². The summed E-state index contributed by atoms with van der Waals surface area (Å²) in [6, 6.07) is 12.3. The molecule has 1 atom stereocenters. The zero-order valence-electron chi connectivity index (χ0n) is 25.0. The number of fused-ring (bicyclic) bond motifs is 1. The van der Waals surface area contributed by atoms with Gasteiger partial charge >= 0.3 is 0 Å². The molecule has 2 aliphatic rings. The van der Waals surface area contributed by atoms with Crippen LogP contribution in [0.5, 0.6) is 0 Å². The van der Waals surface area contributed by atoms with Crippen LogP contribution in [-0.4, -0.2) is 83.1 Å². The Bertz CT molecular complexity index is 1520. The van der Waals surface area contributed by atoms with E-state index >= 15 is 0 Å². The van der Waals surface area contributed by atoms with Gasteiger partial charge in [0.05, 0.1) is 35.0 Å². The molecule has 0 radical (unpaired) electrons. The summed E-state index contributed by atoms with van der Waals surface area (Å²) in [6.07, 6.45) is 7.29. The van der Waals surface area contributed by atoms with E-state index in [1.54, 1.807) is 12.5 Å². The Labute approximate surface area is 247 Å². The highest BCUT2D eigenvalue weighted by Gasteiger charge is 2.24. The maximum absolute atomic E-state index is 13.0. The molecular weight excluding hydrogens is 526 g/mol. The molecule has 3 aromatic heterocycles. The van der Waals surface area contributed by atoms with E-state index in [-0.39, 0.29) is 17.4 Å². The van der Waals surface area contributed by atoms with Crippen molar-refractivity contribution in [1.82, 2.24) is 30.2 Å². The Morgan fingerprint density at radius 2 is 1.76 bits per heavy atom. The van der Waals surface area contributed by atoms with Crippen molar-refractivity contribution in [3.63, 3.8) is 0 Å². The highest BCUT2D eigenvalue weighted by atomic mass is 16.1. The Hall–Kier alpha value is -4.18. The van der Waals surface area contributed by atoms with Crippen LogP contribution in [0.3, 0.4) is 0 Å². The number of likely N-dealkylation sites (N-methyl/N-ethyl adjacent to an activating group) is 1. The summed E-state index contributed by atoms with van der Waals surface area (Å²) >= 11 is 0. The smallest absolute Gasteiger partial charge is 0.253 e. The predicted molar refractivity (Wildman–Crippen MR) is 169 cm³/mol. The predicted octanol–water partition coefficient (Wildman–Crippen LogP) is 4.54. The quantitative estimate of drug-likeness (QED) is 0.312. The zero-order chi connectivity index (χ0) is 29.3. The van der Waals surface area contributed by atoms with Crippen LogP contribution in [0.25, 0.3) is 11.0 Å². The van der Waals surface area contributed by atoms with Gasteiger partial charge in [0.15, 0.2) is 0 Å². The second-order valence-corrected chi connectivity index (χ2v) is 12.5. The fourth-order valence-electron chi connectivity index (χ4n) is 5.73. The number of rotatable bonds is 6. The topological polar surface area (TPSA) is 105 Å². The zero-order valence-corrected chi connectivity index (χ0v) is 25.0. The fourth-order valence-corrected chi connectivity index (χ4v) is 5.73. The summed E-state index contributed by atoms with van der Waals surface area (Å²) in [6.45, 7) is 12.2. The first kappa shape index (κ1) is 28.0. The number of piperazine rings is 1. The molecule has 1 amide bonds. The number of hydrogen-bond acceptors (Lipinski definition) is 8. The number of aromatic nitrogens is 4. The van der Waals surface area contributed by atoms with Gasteiger partial charge in [0.2, 0.25) is 0 Å². The third-order valence-electron chi connectivity index (χ3n) is 8.30. The van der Waals surface area contributed by atoms with Crippen LogP contribution in [0.4, 0.5) is 22.9 Å². The number of anilines is 4. The van der Waals surface area contributed by atoms with Crippen LogP contribution in [0.15, 0.2) is 55.1 Å². The van der Waals surface area contributed by atoms with Crippen LogP contribution in [0.1, 0.15) is 49.7 Å². The molecule has 10 heteroatoms. The molecule has 2 fully saturated rings. The Morgan fingerprint density at radius 1 is 0.929 bits per heavy atom. The molecule has 4 aromatic rings. The van der Waals surface area contributed by atoms with Crippen molar-refractivity contribution in [2.75, 3.05) is 61.4 Å². The lowest BCUT2D eigenvalue weighted by atomic mass is 9.91. The van der Waals surface area contributed by atoms with E-state index in [0.29, 0.717) is 5.56 Å². The number of carbonyl (C=O) groups excluding carboxylic acids is 1. The van der Waals surface area contributed by atoms with Gasteiger partial charge in [-0.3, -0.25) is 9.78 Å². The third-order valence-corrected chi connectivity index (χ3v) is 8.30. The van der Waals surface area contributed by atoms with Crippen molar-refractivity contribution in [2.45, 2.75) is 45.1 Å². The molecule has 2 saturated heterocycles. The summed E-state index contributed by atoms with van der Waals surface area (Å²) in [4.78, 5) is 37.2. The monoisotopic (exact) mass is 567 g/mol. The highest BCUT2D eigenvalue weighted by Crippen LogP contribution is 2.32. The van der Waals surface area contributed by atoms with E-state index in [2.05, 4.69) is 86.3 Å². The summed E-state index contributed by atoms with van der Waals surface area (Å²) in [7, 11) is 2.16. The van der Waals surface area contributed by atoms with Crippen LogP contribution in [-0.2, 0) is 5.41 Å². The molecule has 5 heterocycles. The lowest BCUT2D eigenvalue weighted by molar-refractivity contribution is 0.0932. The van der Waals surface area contributed by atoms with Crippen LogP contribution >= 0.6 is 0 Å². The SMILES string of the molecule is CN1CCN(c2ccc(Nc3cc(N4CCC[C@H](NC(=O)c5ccc(C(C)(C)C)nc5)C4)cc4[nH]cnc34)nc2)CC1. The van der Waals surface area contributed by atoms with Crippen molar-refractivity contribution in [1.29, 1.82) is 0 Å². The molecule has 42 heavy (non-hydrogen) atoms. The number of carbonyl (C=O) groups is 1. The van der Waals surface area contributed by atoms with Gasteiger partial charge in [0.25, 0.3) is 5.91 Å². The minimum atomic E-state index is -0.0766. The normalized spacial score (nSPS) is 18.3. The van der Waals surface area contributed by atoms with Crippen LogP contribution < -0.4 is 20.4 Å². The Morgan fingerprint density at radius 3 is 2.48 bits per heavy atom. The van der Waals surface area contributed by atoms with Crippen molar-refractivity contribution < 1.29 is 4.79 Å². The van der Waals surface area contributed by atoms with Gasteiger partial charge in [-0.2, -0.15) is 0 Å². The number of nitrogens with zero attached hydrogens (tertiary/aromatic N) is 6. The van der Waals surface area contributed by atoms with Crippen LogP contribution in [0, 0.1) is 0 Å². The molecular formula is C32H41N9O. The average Bonchev–Trinajstić information content (AvgIpc) is 3.47. The van der Waals surface area contributed by atoms with Crippen molar-refractivity contribution >= 4 is 39.8 Å². The minimum Gasteiger partial charge on any atom is -0.369 e. The lowest BCUT2D eigenvalue weighted by Gasteiger charge is -2.35. The summed E-state index contributed by atoms with van der Waals surface area (Å²) in [5.74, 6) is 0.705. The molecule has 0 unspecified atom stereocenters. The van der Waals surface area contributed by atoms with E-state index in [1.807, 2.05) is 24.4 Å². The fraction of sp³-hybridized carbons (Fsp3) is 0.438. The first-order chi connectivity index (χ1) is 20.2. The molecule has 220 valence electrons. The molecule has 2 aliphatic heterocycles. The summed E-state index contributed by atoms with van der Waals surface area (Å²) < 4.78 is 0. The largest absolute Gasteiger partial charge is 0.369 e. The molecule has 0 aliphatic carbocycles. The van der Waals surface area contributed by atoms with E-state index in [0.717, 1.165) is 91.7 Å². The molecule has 6 rings (SSSR count). The number of pyridine rings is 2. The highest BCUT2D eigenvalue weighted by molar-refractivity contribution is 5.94. The average molecular weight is 568 g/mol. The number of piperidine rings is 1. The van der Waals surface area contributed by atoms with E-state index < -0.39 is 0 Å². The summed E-state index contributed by atoms with van der Waals surface area (Å²) in [5.41, 5.74) is 6.48. The number of aromatic amines is 1. The molecule has 10 nitrogen and oxygen atoms in total. The Kier molecular flexibility index (Phi) is 7.72. The standard InChI is InChI=1S/C32H41N9O/c1-32(2,3)28-9-7-22(18-33-28)31(42)37-23-6-5-11-41(20-23)25-16-26-30(36-21-35-26)27(17-25)38-29-10-8-24(19-34-29)40-14-12-39(4)13-15-40/h7-10,16-19,21,23H,5-6,11-15,20H2,1-4H3,(H,34,38)(H,35,36)(H,37,42)/t23-/m0/s1. The van der Waals surface area contributed by atoms with Gasteiger partial charge < -0.3 is 30.3 Å². The van der Waals surface area contributed by atoms with Gasteiger partial charge in [0, 0.05) is 68.3 Å². The van der Waals surface area contributed by atoms with Gasteiger partial charge in [-0.05, 0) is 56.3 Å². The number of hydrogen-bond donors (Lipinski definition) is 3. The maximum atomic E-state index is 13.0. The maximum Gasteiger partial charge on any atom is 0.253 e. The number of amides is 1. The lowest BCUT2D eigenvalue weighted by Crippen LogP contribution is -2.47. The number of nitrogens with one attached hydrogen (secondary N) is 3. The van der Waals surface area contributed by atoms with Crippen molar-refractivity contribution in [3.8, 4) is 0 Å². The van der Waals surface area contributed by atoms with Gasteiger partial charge in [-0.1, -0.05) is 20.8 Å². The molecule has 1 aromatic carbocycles. The number of H-pyrrole nitrogens is 1. The first-order valence-electron chi connectivity index (χ1n) is 14.9. The van der Waals surface area contributed by atoms with Crippen molar-refractivity contribution in [3.05, 3.63) is 66.4 Å². The van der Waals surface area contributed by atoms with Gasteiger partial charge in [-0.25, -0.2) is 9.97 Å². The second kappa shape index (κ2) is 11.6. The number of benzene rings is 1. The third kappa shape index (κ3) is 6.18. The van der Waals surface area contributed by atoms with Gasteiger partial charge in [0.1, 0.15) is 11.3 Å².